The smallest absolute Gasteiger partial charge is 0.349 e. The van der Waals surface area contributed by atoms with Crippen molar-refractivity contribution in [2.45, 2.75) is 20.0 Å². The van der Waals surface area contributed by atoms with Gasteiger partial charge >= 0.3 is 5.97 Å². The van der Waals surface area contributed by atoms with Crippen molar-refractivity contribution in [1.82, 2.24) is 15.0 Å². The van der Waals surface area contributed by atoms with E-state index < -0.39 is 5.97 Å². The molecule has 0 saturated heterocycles. The van der Waals surface area contributed by atoms with Crippen molar-refractivity contribution in [2.24, 2.45) is 7.05 Å². The third-order valence-corrected chi connectivity index (χ3v) is 3.57. The molecule has 2 aromatic rings. The molecule has 0 radical (unpaired) electrons. The number of ether oxygens (including phenoxy) is 1. The number of aromatic carboxylic acids is 1. The van der Waals surface area contributed by atoms with Gasteiger partial charge in [0, 0.05) is 11.9 Å². The lowest BCUT2D eigenvalue weighted by atomic mass is 10.3. The van der Waals surface area contributed by atoms with Crippen molar-refractivity contribution in [1.29, 1.82) is 0 Å². The van der Waals surface area contributed by atoms with Crippen LogP contribution in [0.25, 0.3) is 0 Å². The van der Waals surface area contributed by atoms with E-state index in [1.54, 1.807) is 24.0 Å². The zero-order valence-electron chi connectivity index (χ0n) is 10.1. The first-order valence-electron chi connectivity index (χ1n) is 5.44. The minimum absolute atomic E-state index is 0.216. The highest BCUT2D eigenvalue weighted by molar-refractivity contribution is 7.14. The maximum Gasteiger partial charge on any atom is 0.349 e. The van der Waals surface area contributed by atoms with Gasteiger partial charge in [0.2, 0.25) is 0 Å². The van der Waals surface area contributed by atoms with Gasteiger partial charge in [0.25, 0.3) is 0 Å². The van der Waals surface area contributed by atoms with Gasteiger partial charge in [0.05, 0.1) is 6.20 Å². The second-order valence-electron chi connectivity index (χ2n) is 3.74. The Balaban J connectivity index is 2.12. The number of carboxylic acid groups (broad SMARTS) is 1. The van der Waals surface area contributed by atoms with Crippen molar-refractivity contribution in [3.8, 4) is 5.75 Å². The van der Waals surface area contributed by atoms with E-state index in [4.69, 9.17) is 9.84 Å². The minimum Gasteiger partial charge on any atom is -0.485 e. The number of aromatic nitrogens is 3. The van der Waals surface area contributed by atoms with Gasteiger partial charge in [-0.2, -0.15) is 0 Å². The number of rotatable bonds is 5. The Bertz CT molecular complexity index is 562. The van der Waals surface area contributed by atoms with E-state index in [1.807, 2.05) is 6.92 Å². The average molecular weight is 267 g/mol. The number of carbonyl (C=O) groups is 1. The summed E-state index contributed by atoms with van der Waals surface area (Å²) in [6.07, 6.45) is 2.52. The predicted molar refractivity (Wildman–Crippen MR) is 66.0 cm³/mol. The predicted octanol–water partition coefficient (Wildman–Crippen LogP) is 1.72. The summed E-state index contributed by atoms with van der Waals surface area (Å²) in [6, 6.07) is 1.77. The highest BCUT2D eigenvalue weighted by Gasteiger charge is 2.16. The van der Waals surface area contributed by atoms with Crippen LogP contribution in [0.2, 0.25) is 0 Å². The molecule has 2 aromatic heterocycles. The van der Waals surface area contributed by atoms with Crippen LogP contribution in [-0.2, 0) is 20.1 Å². The largest absolute Gasteiger partial charge is 0.485 e. The Morgan fingerprint density at radius 1 is 1.61 bits per heavy atom. The van der Waals surface area contributed by atoms with Gasteiger partial charge in [-0.3, -0.25) is 4.68 Å². The standard InChI is InChI=1S/C11H13N3O3S/c1-3-8-4-9(10(18-8)11(15)16)17-6-7-5-14(2)13-12-7/h4-5H,3,6H2,1-2H3,(H,15,16). The summed E-state index contributed by atoms with van der Waals surface area (Å²) in [6.45, 7) is 2.19. The molecule has 0 atom stereocenters. The van der Waals surface area contributed by atoms with Crippen molar-refractivity contribution in [3.05, 3.63) is 27.7 Å². The molecule has 0 fully saturated rings. The number of thiophene rings is 1. The fourth-order valence-electron chi connectivity index (χ4n) is 1.47. The molecule has 0 aliphatic carbocycles. The third kappa shape index (κ3) is 2.67. The van der Waals surface area contributed by atoms with Gasteiger partial charge in [-0.15, -0.1) is 16.4 Å². The topological polar surface area (TPSA) is 77.2 Å². The van der Waals surface area contributed by atoms with E-state index in [0.29, 0.717) is 11.4 Å². The number of aryl methyl sites for hydroxylation is 2. The van der Waals surface area contributed by atoms with Crippen LogP contribution in [-0.4, -0.2) is 26.1 Å². The number of hydrogen-bond donors (Lipinski definition) is 1. The normalized spacial score (nSPS) is 10.6. The lowest BCUT2D eigenvalue weighted by Crippen LogP contribution is -2.00. The molecule has 96 valence electrons. The molecule has 0 saturated carbocycles. The molecule has 0 bridgehead atoms. The molecule has 0 aliphatic heterocycles. The van der Waals surface area contributed by atoms with Gasteiger partial charge in [0.1, 0.15) is 18.1 Å². The Hall–Kier alpha value is -1.89. The van der Waals surface area contributed by atoms with Crippen LogP contribution in [0.3, 0.4) is 0 Å². The van der Waals surface area contributed by atoms with E-state index in [2.05, 4.69) is 10.3 Å². The molecular formula is C11H13N3O3S. The SMILES string of the molecule is CCc1cc(OCc2cn(C)nn2)c(C(=O)O)s1. The van der Waals surface area contributed by atoms with E-state index in [0.717, 1.165) is 11.3 Å². The summed E-state index contributed by atoms with van der Waals surface area (Å²) in [5, 5.41) is 16.7. The summed E-state index contributed by atoms with van der Waals surface area (Å²) in [7, 11) is 1.76. The van der Waals surface area contributed by atoms with E-state index in [1.165, 1.54) is 11.3 Å². The Morgan fingerprint density at radius 3 is 2.94 bits per heavy atom. The van der Waals surface area contributed by atoms with Crippen LogP contribution in [0.5, 0.6) is 5.75 Å². The molecule has 1 N–H and O–H groups in total. The molecule has 7 heteroatoms. The number of nitrogens with zero attached hydrogens (tertiary/aromatic N) is 3. The summed E-state index contributed by atoms with van der Waals surface area (Å²) >= 11 is 1.24. The highest BCUT2D eigenvalue weighted by Crippen LogP contribution is 2.30. The summed E-state index contributed by atoms with van der Waals surface area (Å²) in [5.41, 5.74) is 0.665. The Morgan fingerprint density at radius 2 is 2.39 bits per heavy atom. The number of carboxylic acids is 1. The van der Waals surface area contributed by atoms with Crippen LogP contribution in [0.4, 0.5) is 0 Å². The average Bonchev–Trinajstić information content (AvgIpc) is 2.92. The molecule has 0 aromatic carbocycles. The minimum atomic E-state index is -0.964. The van der Waals surface area contributed by atoms with Gasteiger partial charge in [-0.1, -0.05) is 12.1 Å². The van der Waals surface area contributed by atoms with Gasteiger partial charge < -0.3 is 9.84 Å². The second kappa shape index (κ2) is 5.18. The van der Waals surface area contributed by atoms with Crippen LogP contribution in [0, 0.1) is 0 Å². The van der Waals surface area contributed by atoms with Crippen molar-refractivity contribution < 1.29 is 14.6 Å². The highest BCUT2D eigenvalue weighted by atomic mass is 32.1. The van der Waals surface area contributed by atoms with Gasteiger partial charge in [-0.25, -0.2) is 4.79 Å². The Kier molecular flexibility index (Phi) is 3.61. The lowest BCUT2D eigenvalue weighted by Gasteiger charge is -2.01. The fraction of sp³-hybridized carbons (Fsp3) is 0.364. The molecule has 6 nitrogen and oxygen atoms in total. The lowest BCUT2D eigenvalue weighted by molar-refractivity contribution is 0.0697. The molecule has 0 spiro atoms. The van der Waals surface area contributed by atoms with Crippen LogP contribution < -0.4 is 4.74 Å². The van der Waals surface area contributed by atoms with Crippen LogP contribution in [0.15, 0.2) is 12.3 Å². The maximum atomic E-state index is 11.1. The molecule has 0 amide bonds. The molecule has 2 heterocycles. The molecule has 18 heavy (non-hydrogen) atoms. The first-order chi connectivity index (χ1) is 8.60. The molecule has 0 aliphatic rings. The van der Waals surface area contributed by atoms with Crippen molar-refractivity contribution in [2.75, 3.05) is 0 Å². The second-order valence-corrected chi connectivity index (χ2v) is 4.87. The third-order valence-electron chi connectivity index (χ3n) is 2.32. The molecule has 0 unspecified atom stereocenters. The van der Waals surface area contributed by atoms with Crippen molar-refractivity contribution in [3.63, 3.8) is 0 Å². The van der Waals surface area contributed by atoms with Crippen LogP contribution >= 0.6 is 11.3 Å². The van der Waals surface area contributed by atoms with E-state index >= 15 is 0 Å². The number of hydrogen-bond acceptors (Lipinski definition) is 5. The molecular weight excluding hydrogens is 254 g/mol. The quantitative estimate of drug-likeness (QED) is 0.892. The summed E-state index contributed by atoms with van der Waals surface area (Å²) in [5.74, 6) is -0.566. The first-order valence-corrected chi connectivity index (χ1v) is 6.25. The van der Waals surface area contributed by atoms with E-state index in [9.17, 15) is 4.79 Å². The monoisotopic (exact) mass is 267 g/mol. The summed E-state index contributed by atoms with van der Waals surface area (Å²) < 4.78 is 7.07. The maximum absolute atomic E-state index is 11.1. The van der Waals surface area contributed by atoms with Crippen LogP contribution in [0.1, 0.15) is 27.2 Å². The van der Waals surface area contributed by atoms with Gasteiger partial charge in [0.15, 0.2) is 4.88 Å². The van der Waals surface area contributed by atoms with E-state index in [-0.39, 0.29) is 11.5 Å². The summed E-state index contributed by atoms with van der Waals surface area (Å²) in [4.78, 5) is 12.3. The molecule has 2 rings (SSSR count). The van der Waals surface area contributed by atoms with Crippen molar-refractivity contribution >= 4 is 17.3 Å². The zero-order valence-corrected chi connectivity index (χ0v) is 10.9. The fourth-order valence-corrected chi connectivity index (χ4v) is 2.34. The zero-order chi connectivity index (χ0) is 13.1. The van der Waals surface area contributed by atoms with Gasteiger partial charge in [-0.05, 0) is 12.5 Å². The first kappa shape index (κ1) is 12.6. The Labute approximate surface area is 108 Å².